The van der Waals surface area contributed by atoms with Gasteiger partial charge in [0.05, 0.1) is 6.61 Å². The van der Waals surface area contributed by atoms with Crippen molar-refractivity contribution in [3.63, 3.8) is 0 Å². The smallest absolute Gasteiger partial charge is 0.147 e. The molecule has 0 amide bonds. The number of likely N-dealkylation sites (tertiary alicyclic amines) is 1. The first-order valence-corrected chi connectivity index (χ1v) is 3.53. The summed E-state index contributed by atoms with van der Waals surface area (Å²) in [5.41, 5.74) is -1.08. The maximum atomic E-state index is 13.4. The van der Waals surface area contributed by atoms with E-state index < -0.39 is 5.67 Å². The molecule has 0 N–H and O–H groups in total. The van der Waals surface area contributed by atoms with Gasteiger partial charge in [-0.15, -0.1) is 0 Å². The summed E-state index contributed by atoms with van der Waals surface area (Å²) in [5.74, 6) is 0. The lowest BCUT2D eigenvalue weighted by Crippen LogP contribution is -2.31. The van der Waals surface area contributed by atoms with Gasteiger partial charge in [-0.1, -0.05) is 0 Å². The standard InChI is InChI=1S/C7H14FNO/c1-9-4-3-7(8,5-9)6-10-2/h3-6H2,1-2H3. The number of halogens is 1. The van der Waals surface area contributed by atoms with Crippen LogP contribution in [0.4, 0.5) is 4.39 Å². The van der Waals surface area contributed by atoms with Crippen LogP contribution in [0, 0.1) is 0 Å². The Morgan fingerprint density at radius 1 is 1.70 bits per heavy atom. The number of methoxy groups -OCH3 is 1. The molecule has 0 aromatic heterocycles. The molecule has 1 saturated heterocycles. The summed E-state index contributed by atoms with van der Waals surface area (Å²) in [6, 6.07) is 0. The van der Waals surface area contributed by atoms with Gasteiger partial charge in [0.15, 0.2) is 0 Å². The number of ether oxygens (including phenoxy) is 1. The molecule has 1 fully saturated rings. The van der Waals surface area contributed by atoms with Gasteiger partial charge in [-0.25, -0.2) is 4.39 Å². The average molecular weight is 147 g/mol. The fraction of sp³-hybridized carbons (Fsp3) is 1.00. The van der Waals surface area contributed by atoms with Crippen molar-refractivity contribution in [1.29, 1.82) is 0 Å². The molecule has 1 aliphatic heterocycles. The van der Waals surface area contributed by atoms with Crippen molar-refractivity contribution in [2.24, 2.45) is 0 Å². The molecule has 0 aromatic carbocycles. The van der Waals surface area contributed by atoms with E-state index in [0.29, 0.717) is 13.0 Å². The number of rotatable bonds is 2. The Hall–Kier alpha value is -0.150. The van der Waals surface area contributed by atoms with Gasteiger partial charge < -0.3 is 9.64 Å². The first-order chi connectivity index (χ1) is 4.66. The van der Waals surface area contributed by atoms with Crippen LogP contribution in [0.2, 0.25) is 0 Å². The van der Waals surface area contributed by atoms with E-state index in [4.69, 9.17) is 4.74 Å². The molecule has 60 valence electrons. The van der Waals surface area contributed by atoms with Gasteiger partial charge in [0.2, 0.25) is 0 Å². The molecule has 0 bridgehead atoms. The number of alkyl halides is 1. The fourth-order valence-electron chi connectivity index (χ4n) is 1.41. The minimum atomic E-state index is -1.08. The highest BCUT2D eigenvalue weighted by Crippen LogP contribution is 2.24. The fourth-order valence-corrected chi connectivity index (χ4v) is 1.41. The van der Waals surface area contributed by atoms with Crippen molar-refractivity contribution < 1.29 is 9.13 Å². The van der Waals surface area contributed by atoms with Crippen LogP contribution in [0.5, 0.6) is 0 Å². The summed E-state index contributed by atoms with van der Waals surface area (Å²) in [6.45, 7) is 1.60. The zero-order chi connectivity index (χ0) is 7.61. The largest absolute Gasteiger partial charge is 0.381 e. The predicted molar refractivity (Wildman–Crippen MR) is 37.8 cm³/mol. The van der Waals surface area contributed by atoms with Crippen molar-refractivity contribution in [2.75, 3.05) is 33.9 Å². The molecule has 1 unspecified atom stereocenters. The van der Waals surface area contributed by atoms with Gasteiger partial charge in [0, 0.05) is 20.2 Å². The molecule has 3 heteroatoms. The Morgan fingerprint density at radius 2 is 2.40 bits per heavy atom. The number of hydrogen-bond donors (Lipinski definition) is 0. The summed E-state index contributed by atoms with van der Waals surface area (Å²) in [6.07, 6.45) is 0.608. The molecule has 0 radical (unpaired) electrons. The van der Waals surface area contributed by atoms with Crippen LogP contribution < -0.4 is 0 Å². The van der Waals surface area contributed by atoms with E-state index in [2.05, 4.69) is 0 Å². The molecule has 0 aliphatic carbocycles. The third-order valence-corrected chi connectivity index (χ3v) is 1.90. The average Bonchev–Trinajstić information content (AvgIpc) is 2.12. The Balaban J connectivity index is 2.38. The summed E-state index contributed by atoms with van der Waals surface area (Å²) in [7, 11) is 3.47. The van der Waals surface area contributed by atoms with Crippen LogP contribution >= 0.6 is 0 Å². The summed E-state index contributed by atoms with van der Waals surface area (Å²) < 4.78 is 18.2. The Kier molecular flexibility index (Phi) is 2.26. The first-order valence-electron chi connectivity index (χ1n) is 3.53. The monoisotopic (exact) mass is 147 g/mol. The molecule has 10 heavy (non-hydrogen) atoms. The summed E-state index contributed by atoms with van der Waals surface area (Å²) >= 11 is 0. The molecular formula is C7H14FNO. The maximum Gasteiger partial charge on any atom is 0.147 e. The van der Waals surface area contributed by atoms with E-state index in [-0.39, 0.29) is 6.61 Å². The van der Waals surface area contributed by atoms with Crippen molar-refractivity contribution in [3.8, 4) is 0 Å². The maximum absolute atomic E-state index is 13.4. The van der Waals surface area contributed by atoms with Gasteiger partial charge in [0.1, 0.15) is 5.67 Å². The molecule has 1 aliphatic rings. The van der Waals surface area contributed by atoms with Gasteiger partial charge >= 0.3 is 0 Å². The molecule has 1 rings (SSSR count). The van der Waals surface area contributed by atoms with E-state index in [1.54, 1.807) is 7.11 Å². The highest BCUT2D eigenvalue weighted by Gasteiger charge is 2.36. The lowest BCUT2D eigenvalue weighted by Gasteiger charge is -2.17. The van der Waals surface area contributed by atoms with Gasteiger partial charge in [-0.2, -0.15) is 0 Å². The minimum absolute atomic E-state index is 0.233. The van der Waals surface area contributed by atoms with Crippen LogP contribution in [-0.2, 0) is 4.74 Å². The Bertz CT molecular complexity index is 116. The van der Waals surface area contributed by atoms with Crippen molar-refractivity contribution in [2.45, 2.75) is 12.1 Å². The van der Waals surface area contributed by atoms with Gasteiger partial charge in [0.25, 0.3) is 0 Å². The highest BCUT2D eigenvalue weighted by molar-refractivity contribution is 4.88. The number of nitrogens with zero attached hydrogens (tertiary/aromatic N) is 1. The predicted octanol–water partition coefficient (Wildman–Crippen LogP) is 0.677. The third kappa shape index (κ3) is 1.67. The van der Waals surface area contributed by atoms with Crippen molar-refractivity contribution >= 4 is 0 Å². The highest BCUT2D eigenvalue weighted by atomic mass is 19.1. The molecule has 0 aromatic rings. The van der Waals surface area contributed by atoms with Gasteiger partial charge in [-0.3, -0.25) is 0 Å². The molecule has 1 atom stereocenters. The van der Waals surface area contributed by atoms with E-state index in [1.807, 2.05) is 11.9 Å². The van der Waals surface area contributed by atoms with E-state index in [0.717, 1.165) is 6.54 Å². The topological polar surface area (TPSA) is 12.5 Å². The van der Waals surface area contributed by atoms with Gasteiger partial charge in [-0.05, 0) is 13.5 Å². The number of hydrogen-bond acceptors (Lipinski definition) is 2. The lowest BCUT2D eigenvalue weighted by atomic mass is 10.1. The van der Waals surface area contributed by atoms with Crippen molar-refractivity contribution in [1.82, 2.24) is 4.90 Å². The SMILES string of the molecule is COCC1(F)CCN(C)C1. The van der Waals surface area contributed by atoms with Crippen LogP contribution in [0.3, 0.4) is 0 Å². The van der Waals surface area contributed by atoms with Crippen LogP contribution in [-0.4, -0.2) is 44.4 Å². The third-order valence-electron chi connectivity index (χ3n) is 1.90. The quantitative estimate of drug-likeness (QED) is 0.569. The lowest BCUT2D eigenvalue weighted by molar-refractivity contribution is 0.0492. The summed E-state index contributed by atoms with van der Waals surface area (Å²) in [4.78, 5) is 1.99. The zero-order valence-corrected chi connectivity index (χ0v) is 6.56. The van der Waals surface area contributed by atoms with E-state index in [9.17, 15) is 4.39 Å². The Labute approximate surface area is 61.0 Å². The zero-order valence-electron chi connectivity index (χ0n) is 6.56. The Morgan fingerprint density at radius 3 is 2.80 bits per heavy atom. The van der Waals surface area contributed by atoms with E-state index in [1.165, 1.54) is 0 Å². The molecule has 0 saturated carbocycles. The molecular weight excluding hydrogens is 133 g/mol. The molecule has 0 spiro atoms. The second kappa shape index (κ2) is 2.84. The summed E-state index contributed by atoms with van der Waals surface area (Å²) in [5, 5.41) is 0. The second-order valence-corrected chi connectivity index (χ2v) is 3.07. The van der Waals surface area contributed by atoms with E-state index >= 15 is 0 Å². The minimum Gasteiger partial charge on any atom is -0.381 e. The first kappa shape index (κ1) is 7.95. The van der Waals surface area contributed by atoms with Crippen LogP contribution in [0.1, 0.15) is 6.42 Å². The second-order valence-electron chi connectivity index (χ2n) is 3.07. The molecule has 2 nitrogen and oxygen atoms in total. The van der Waals surface area contributed by atoms with Crippen molar-refractivity contribution in [3.05, 3.63) is 0 Å². The molecule has 1 heterocycles. The van der Waals surface area contributed by atoms with Crippen LogP contribution in [0.15, 0.2) is 0 Å². The van der Waals surface area contributed by atoms with Crippen LogP contribution in [0.25, 0.3) is 0 Å². The normalized spacial score (nSPS) is 35.1.